The summed E-state index contributed by atoms with van der Waals surface area (Å²) in [6.45, 7) is 2.04. The summed E-state index contributed by atoms with van der Waals surface area (Å²) in [5.41, 5.74) is 8.87. The Labute approximate surface area is 146 Å². The molecule has 6 heteroatoms. The van der Waals surface area contributed by atoms with Crippen molar-refractivity contribution in [3.63, 3.8) is 0 Å². The summed E-state index contributed by atoms with van der Waals surface area (Å²) in [5.74, 6) is 2.78. The summed E-state index contributed by atoms with van der Waals surface area (Å²) >= 11 is 0. The van der Waals surface area contributed by atoms with Crippen molar-refractivity contribution in [2.75, 3.05) is 25.3 Å². The standard InChI is InChI=1S/C19H20N4O2/c1-12-4-7-14(8-5-12)21-18-11-17(20)22-19(23-18)13-6-9-15(24-2)16(10-13)25-3/h4-11H,1-3H3,(H3,20,21,22,23). The van der Waals surface area contributed by atoms with Gasteiger partial charge in [0.15, 0.2) is 17.3 Å². The van der Waals surface area contributed by atoms with Gasteiger partial charge in [0.1, 0.15) is 11.6 Å². The van der Waals surface area contributed by atoms with Gasteiger partial charge in [-0.2, -0.15) is 0 Å². The smallest absolute Gasteiger partial charge is 0.163 e. The van der Waals surface area contributed by atoms with Crippen molar-refractivity contribution in [3.05, 3.63) is 54.1 Å². The van der Waals surface area contributed by atoms with Crippen molar-refractivity contribution in [1.29, 1.82) is 0 Å². The van der Waals surface area contributed by atoms with E-state index in [9.17, 15) is 0 Å². The minimum atomic E-state index is 0.384. The largest absolute Gasteiger partial charge is 0.493 e. The summed E-state index contributed by atoms with van der Waals surface area (Å²) in [5, 5.41) is 3.25. The molecule has 0 bridgehead atoms. The Morgan fingerprint density at radius 2 is 1.60 bits per heavy atom. The van der Waals surface area contributed by atoms with Crippen molar-refractivity contribution in [1.82, 2.24) is 9.97 Å². The Morgan fingerprint density at radius 1 is 0.880 bits per heavy atom. The summed E-state index contributed by atoms with van der Waals surface area (Å²) in [4.78, 5) is 8.87. The number of aromatic nitrogens is 2. The van der Waals surface area contributed by atoms with Crippen LogP contribution in [0, 0.1) is 6.92 Å². The van der Waals surface area contributed by atoms with E-state index in [1.165, 1.54) is 5.56 Å². The molecule has 25 heavy (non-hydrogen) atoms. The summed E-state index contributed by atoms with van der Waals surface area (Å²) in [6.07, 6.45) is 0. The lowest BCUT2D eigenvalue weighted by Gasteiger charge is -2.11. The highest BCUT2D eigenvalue weighted by atomic mass is 16.5. The third-order valence-corrected chi connectivity index (χ3v) is 3.71. The highest BCUT2D eigenvalue weighted by Crippen LogP contribution is 2.31. The van der Waals surface area contributed by atoms with Gasteiger partial charge in [-0.15, -0.1) is 0 Å². The van der Waals surface area contributed by atoms with E-state index in [1.807, 2.05) is 49.4 Å². The third kappa shape index (κ3) is 3.80. The first-order chi connectivity index (χ1) is 12.1. The zero-order valence-electron chi connectivity index (χ0n) is 14.4. The number of nitrogen functional groups attached to an aromatic ring is 1. The number of aryl methyl sites for hydroxylation is 1. The van der Waals surface area contributed by atoms with Gasteiger partial charge in [0.2, 0.25) is 0 Å². The minimum absolute atomic E-state index is 0.384. The highest BCUT2D eigenvalue weighted by Gasteiger charge is 2.10. The van der Waals surface area contributed by atoms with Crippen LogP contribution in [0.3, 0.4) is 0 Å². The quantitative estimate of drug-likeness (QED) is 0.737. The fourth-order valence-corrected chi connectivity index (χ4v) is 2.42. The zero-order chi connectivity index (χ0) is 17.8. The Morgan fingerprint density at radius 3 is 2.28 bits per heavy atom. The molecule has 0 saturated carbocycles. The van der Waals surface area contributed by atoms with Gasteiger partial charge >= 0.3 is 0 Å². The maximum absolute atomic E-state index is 5.95. The first-order valence-electron chi connectivity index (χ1n) is 7.79. The number of nitrogens with one attached hydrogen (secondary N) is 1. The Hall–Kier alpha value is -3.28. The molecule has 0 fully saturated rings. The fraction of sp³-hybridized carbons (Fsp3) is 0.158. The molecule has 128 valence electrons. The average molecular weight is 336 g/mol. The molecule has 0 radical (unpaired) electrons. The van der Waals surface area contributed by atoms with Gasteiger partial charge in [-0.05, 0) is 37.3 Å². The van der Waals surface area contributed by atoms with E-state index in [-0.39, 0.29) is 0 Å². The van der Waals surface area contributed by atoms with Crippen LogP contribution in [0.25, 0.3) is 11.4 Å². The van der Waals surface area contributed by atoms with E-state index in [1.54, 1.807) is 20.3 Å². The number of nitrogens with zero attached hydrogens (tertiary/aromatic N) is 2. The van der Waals surface area contributed by atoms with Crippen LogP contribution in [-0.4, -0.2) is 24.2 Å². The van der Waals surface area contributed by atoms with Gasteiger partial charge < -0.3 is 20.5 Å². The van der Waals surface area contributed by atoms with Crippen LogP contribution in [-0.2, 0) is 0 Å². The van der Waals surface area contributed by atoms with Gasteiger partial charge in [0, 0.05) is 17.3 Å². The van der Waals surface area contributed by atoms with Crippen molar-refractivity contribution >= 4 is 17.3 Å². The second kappa shape index (κ2) is 7.09. The Bertz CT molecular complexity index is 879. The molecular formula is C19H20N4O2. The van der Waals surface area contributed by atoms with Crippen molar-refractivity contribution in [2.45, 2.75) is 6.92 Å². The number of hydrogen-bond donors (Lipinski definition) is 2. The van der Waals surface area contributed by atoms with E-state index >= 15 is 0 Å². The second-order valence-corrected chi connectivity index (χ2v) is 5.56. The van der Waals surface area contributed by atoms with Crippen LogP contribution in [0.4, 0.5) is 17.3 Å². The van der Waals surface area contributed by atoms with Gasteiger partial charge in [0.25, 0.3) is 0 Å². The lowest BCUT2D eigenvalue weighted by atomic mass is 10.2. The first kappa shape index (κ1) is 16.6. The minimum Gasteiger partial charge on any atom is -0.493 e. The molecule has 1 heterocycles. The number of benzene rings is 2. The van der Waals surface area contributed by atoms with Crippen molar-refractivity contribution < 1.29 is 9.47 Å². The first-order valence-corrected chi connectivity index (χ1v) is 7.79. The van der Waals surface area contributed by atoms with Crippen LogP contribution in [0.1, 0.15) is 5.56 Å². The van der Waals surface area contributed by atoms with Crippen LogP contribution in [0.5, 0.6) is 11.5 Å². The fourth-order valence-electron chi connectivity index (χ4n) is 2.42. The Kier molecular flexibility index (Phi) is 4.70. The molecule has 0 saturated heterocycles. The maximum atomic E-state index is 5.95. The molecule has 0 unspecified atom stereocenters. The summed E-state index contributed by atoms with van der Waals surface area (Å²) in [7, 11) is 3.18. The Balaban J connectivity index is 1.95. The molecule has 0 atom stereocenters. The van der Waals surface area contributed by atoms with E-state index < -0.39 is 0 Å². The normalized spacial score (nSPS) is 10.4. The highest BCUT2D eigenvalue weighted by molar-refractivity contribution is 5.66. The molecule has 0 aliphatic carbocycles. The van der Waals surface area contributed by atoms with E-state index in [0.717, 1.165) is 11.3 Å². The molecule has 0 aliphatic heterocycles. The number of hydrogen-bond acceptors (Lipinski definition) is 6. The number of rotatable bonds is 5. The molecular weight excluding hydrogens is 316 g/mol. The average Bonchev–Trinajstić information content (AvgIpc) is 2.62. The number of anilines is 3. The lowest BCUT2D eigenvalue weighted by molar-refractivity contribution is 0.355. The second-order valence-electron chi connectivity index (χ2n) is 5.56. The molecule has 0 amide bonds. The predicted molar refractivity (Wildman–Crippen MR) is 99.4 cm³/mol. The molecule has 1 aromatic heterocycles. The molecule has 3 aromatic rings. The SMILES string of the molecule is COc1ccc(-c2nc(N)cc(Nc3ccc(C)cc3)n2)cc1OC. The molecule has 2 aromatic carbocycles. The van der Waals surface area contributed by atoms with E-state index in [0.29, 0.717) is 29.0 Å². The number of nitrogens with two attached hydrogens (primary N) is 1. The molecule has 6 nitrogen and oxygen atoms in total. The van der Waals surface area contributed by atoms with Crippen molar-refractivity contribution in [3.8, 4) is 22.9 Å². The lowest BCUT2D eigenvalue weighted by Crippen LogP contribution is -2.01. The van der Waals surface area contributed by atoms with E-state index in [4.69, 9.17) is 15.2 Å². The molecule has 3 N–H and O–H groups in total. The maximum Gasteiger partial charge on any atom is 0.163 e. The molecule has 3 rings (SSSR count). The van der Waals surface area contributed by atoms with Gasteiger partial charge in [-0.25, -0.2) is 9.97 Å². The number of ether oxygens (including phenoxy) is 2. The van der Waals surface area contributed by atoms with Crippen LogP contribution < -0.4 is 20.5 Å². The van der Waals surface area contributed by atoms with Crippen LogP contribution in [0.15, 0.2) is 48.5 Å². The van der Waals surface area contributed by atoms with Gasteiger partial charge in [0.05, 0.1) is 14.2 Å². The van der Waals surface area contributed by atoms with E-state index in [2.05, 4.69) is 15.3 Å². The van der Waals surface area contributed by atoms with Crippen molar-refractivity contribution in [2.24, 2.45) is 0 Å². The van der Waals surface area contributed by atoms with Gasteiger partial charge in [-0.3, -0.25) is 0 Å². The summed E-state index contributed by atoms with van der Waals surface area (Å²) < 4.78 is 10.6. The predicted octanol–water partition coefficient (Wildman–Crippen LogP) is 3.80. The summed E-state index contributed by atoms with van der Waals surface area (Å²) in [6, 6.07) is 15.2. The van der Waals surface area contributed by atoms with Crippen LogP contribution in [0.2, 0.25) is 0 Å². The third-order valence-electron chi connectivity index (χ3n) is 3.71. The monoisotopic (exact) mass is 336 g/mol. The number of methoxy groups -OCH3 is 2. The van der Waals surface area contributed by atoms with Gasteiger partial charge in [-0.1, -0.05) is 17.7 Å². The zero-order valence-corrected chi connectivity index (χ0v) is 14.4. The molecule has 0 aliphatic rings. The topological polar surface area (TPSA) is 82.3 Å². The van der Waals surface area contributed by atoms with Crippen LogP contribution >= 0.6 is 0 Å². The molecule has 0 spiro atoms.